The third kappa shape index (κ3) is 4.54. The van der Waals surface area contributed by atoms with Crippen molar-refractivity contribution >= 4 is 5.91 Å². The molecule has 1 aromatic rings. The number of carbonyl (C=O) groups excluding carboxylic acids is 1. The quantitative estimate of drug-likeness (QED) is 0.709. The van der Waals surface area contributed by atoms with Crippen LogP contribution in [0.2, 0.25) is 0 Å². The Hall–Kier alpha value is -1.39. The molecule has 1 rings (SSSR count). The van der Waals surface area contributed by atoms with Crippen molar-refractivity contribution in [2.24, 2.45) is 5.92 Å². The fourth-order valence-corrected chi connectivity index (χ4v) is 1.40. The smallest absolute Gasteiger partial charge is 0.250 e. The standard InChI is InChI=1S/C13H19NO3/c1-11(13(15)14(2)16-3)9-17-10-12-7-5-4-6-8-12/h4-8,11H,9-10H2,1-3H3/t11-/m0/s1. The van der Waals surface area contributed by atoms with Crippen molar-refractivity contribution in [1.29, 1.82) is 0 Å². The highest BCUT2D eigenvalue weighted by atomic mass is 16.7. The maximum Gasteiger partial charge on any atom is 0.250 e. The molecule has 1 atom stereocenters. The minimum Gasteiger partial charge on any atom is -0.376 e. The lowest BCUT2D eigenvalue weighted by atomic mass is 10.2. The van der Waals surface area contributed by atoms with E-state index in [1.807, 2.05) is 37.3 Å². The first-order valence-corrected chi connectivity index (χ1v) is 5.58. The van der Waals surface area contributed by atoms with E-state index in [2.05, 4.69) is 0 Å². The molecule has 0 unspecified atom stereocenters. The van der Waals surface area contributed by atoms with Gasteiger partial charge in [0.05, 0.1) is 26.2 Å². The number of amides is 1. The molecule has 0 aliphatic carbocycles. The van der Waals surface area contributed by atoms with Crippen molar-refractivity contribution in [2.75, 3.05) is 20.8 Å². The Morgan fingerprint density at radius 3 is 2.59 bits per heavy atom. The lowest BCUT2D eigenvalue weighted by Gasteiger charge is -2.18. The molecule has 17 heavy (non-hydrogen) atoms. The number of rotatable bonds is 6. The number of hydrogen-bond acceptors (Lipinski definition) is 3. The molecule has 0 spiro atoms. The summed E-state index contributed by atoms with van der Waals surface area (Å²) in [5, 5.41) is 1.22. The minimum absolute atomic E-state index is 0.0828. The van der Waals surface area contributed by atoms with E-state index in [1.165, 1.54) is 12.2 Å². The van der Waals surface area contributed by atoms with Gasteiger partial charge in [-0.3, -0.25) is 9.63 Å². The van der Waals surface area contributed by atoms with E-state index in [1.54, 1.807) is 7.05 Å². The van der Waals surface area contributed by atoms with Crippen LogP contribution in [0.15, 0.2) is 30.3 Å². The van der Waals surface area contributed by atoms with Crippen LogP contribution in [0.25, 0.3) is 0 Å². The molecule has 4 nitrogen and oxygen atoms in total. The van der Waals surface area contributed by atoms with Crippen LogP contribution < -0.4 is 0 Å². The zero-order chi connectivity index (χ0) is 12.7. The van der Waals surface area contributed by atoms with Crippen molar-refractivity contribution in [3.63, 3.8) is 0 Å². The summed E-state index contributed by atoms with van der Waals surface area (Å²) in [5.41, 5.74) is 1.10. The third-order valence-corrected chi connectivity index (χ3v) is 2.49. The molecule has 4 heteroatoms. The van der Waals surface area contributed by atoms with Crippen LogP contribution >= 0.6 is 0 Å². The lowest BCUT2D eigenvalue weighted by Crippen LogP contribution is -2.32. The van der Waals surface area contributed by atoms with Crippen LogP contribution in [-0.4, -0.2) is 31.7 Å². The second-order valence-corrected chi connectivity index (χ2v) is 3.92. The first-order valence-electron chi connectivity index (χ1n) is 5.58. The van der Waals surface area contributed by atoms with Crippen LogP contribution in [-0.2, 0) is 21.0 Å². The molecule has 0 aromatic heterocycles. The summed E-state index contributed by atoms with van der Waals surface area (Å²) in [7, 11) is 3.06. The van der Waals surface area contributed by atoms with Gasteiger partial charge in [0.2, 0.25) is 0 Å². The predicted octanol–water partition coefficient (Wildman–Crippen LogP) is 1.86. The van der Waals surface area contributed by atoms with Crippen molar-refractivity contribution in [3.05, 3.63) is 35.9 Å². The number of benzene rings is 1. The minimum atomic E-state index is -0.205. The average Bonchev–Trinajstić information content (AvgIpc) is 2.38. The Morgan fingerprint density at radius 2 is 2.00 bits per heavy atom. The highest BCUT2D eigenvalue weighted by Gasteiger charge is 2.17. The average molecular weight is 237 g/mol. The van der Waals surface area contributed by atoms with Gasteiger partial charge in [0.1, 0.15) is 0 Å². The molecular formula is C13H19NO3. The Balaban J connectivity index is 2.29. The summed E-state index contributed by atoms with van der Waals surface area (Å²) in [6.07, 6.45) is 0. The van der Waals surface area contributed by atoms with Crippen molar-refractivity contribution in [3.8, 4) is 0 Å². The molecule has 0 saturated carbocycles. The number of hydroxylamine groups is 2. The van der Waals surface area contributed by atoms with E-state index < -0.39 is 0 Å². The van der Waals surface area contributed by atoms with Gasteiger partial charge in [0.25, 0.3) is 5.91 Å². The predicted molar refractivity (Wildman–Crippen MR) is 65.0 cm³/mol. The Kier molecular flexibility index (Phi) is 5.66. The topological polar surface area (TPSA) is 38.8 Å². The molecular weight excluding hydrogens is 218 g/mol. The van der Waals surface area contributed by atoms with Gasteiger partial charge in [-0.15, -0.1) is 0 Å². The summed E-state index contributed by atoms with van der Waals surface area (Å²) in [4.78, 5) is 16.5. The van der Waals surface area contributed by atoms with Gasteiger partial charge in [0.15, 0.2) is 0 Å². The van der Waals surface area contributed by atoms with Gasteiger partial charge < -0.3 is 4.74 Å². The SMILES string of the molecule is CON(C)C(=O)[C@@H](C)COCc1ccccc1. The summed E-state index contributed by atoms with van der Waals surface area (Å²) in [5.74, 6) is -0.288. The molecule has 0 radical (unpaired) electrons. The lowest BCUT2D eigenvalue weighted by molar-refractivity contribution is -0.174. The first kappa shape index (κ1) is 13.7. The number of hydrogen-bond donors (Lipinski definition) is 0. The summed E-state index contributed by atoms with van der Waals surface area (Å²) in [6, 6.07) is 9.88. The number of nitrogens with zero attached hydrogens (tertiary/aromatic N) is 1. The number of carbonyl (C=O) groups is 1. The highest BCUT2D eigenvalue weighted by Crippen LogP contribution is 2.05. The second kappa shape index (κ2) is 7.04. The summed E-state index contributed by atoms with van der Waals surface area (Å²) >= 11 is 0. The fourth-order valence-electron chi connectivity index (χ4n) is 1.40. The fraction of sp³-hybridized carbons (Fsp3) is 0.462. The maximum absolute atomic E-state index is 11.6. The van der Waals surface area contributed by atoms with Crippen LogP contribution in [0.5, 0.6) is 0 Å². The summed E-state index contributed by atoms with van der Waals surface area (Å²) in [6.45, 7) is 2.74. The molecule has 1 amide bonds. The Morgan fingerprint density at radius 1 is 1.35 bits per heavy atom. The van der Waals surface area contributed by atoms with Crippen LogP contribution in [0.1, 0.15) is 12.5 Å². The molecule has 94 valence electrons. The number of ether oxygens (including phenoxy) is 1. The van der Waals surface area contributed by atoms with E-state index in [-0.39, 0.29) is 11.8 Å². The molecule has 0 aliphatic rings. The monoisotopic (exact) mass is 237 g/mol. The highest BCUT2D eigenvalue weighted by molar-refractivity contribution is 5.77. The molecule has 0 heterocycles. The van der Waals surface area contributed by atoms with Crippen molar-refractivity contribution in [1.82, 2.24) is 5.06 Å². The molecule has 0 saturated heterocycles. The van der Waals surface area contributed by atoms with Crippen molar-refractivity contribution in [2.45, 2.75) is 13.5 Å². The second-order valence-electron chi connectivity index (χ2n) is 3.92. The Bertz CT molecular complexity index is 340. The van der Waals surface area contributed by atoms with Gasteiger partial charge in [0, 0.05) is 7.05 Å². The van der Waals surface area contributed by atoms with Crippen LogP contribution in [0, 0.1) is 5.92 Å². The van der Waals surface area contributed by atoms with Gasteiger partial charge in [-0.05, 0) is 5.56 Å². The maximum atomic E-state index is 11.6. The molecule has 1 aromatic carbocycles. The van der Waals surface area contributed by atoms with Gasteiger partial charge in [-0.1, -0.05) is 37.3 Å². The van der Waals surface area contributed by atoms with Crippen molar-refractivity contribution < 1.29 is 14.4 Å². The van der Waals surface area contributed by atoms with Gasteiger partial charge in [-0.2, -0.15) is 0 Å². The zero-order valence-electron chi connectivity index (χ0n) is 10.6. The van der Waals surface area contributed by atoms with Crippen LogP contribution in [0.3, 0.4) is 0 Å². The van der Waals surface area contributed by atoms with E-state index in [0.717, 1.165) is 5.56 Å². The van der Waals surface area contributed by atoms with E-state index >= 15 is 0 Å². The molecule has 0 N–H and O–H groups in total. The molecule has 0 aliphatic heterocycles. The van der Waals surface area contributed by atoms with E-state index in [0.29, 0.717) is 13.2 Å². The summed E-state index contributed by atoms with van der Waals surface area (Å²) < 4.78 is 5.49. The van der Waals surface area contributed by atoms with Crippen LogP contribution in [0.4, 0.5) is 0 Å². The molecule has 0 bridgehead atoms. The Labute approximate surface area is 102 Å². The van der Waals surface area contributed by atoms with E-state index in [9.17, 15) is 4.79 Å². The normalized spacial score (nSPS) is 12.2. The molecule has 0 fully saturated rings. The van der Waals surface area contributed by atoms with Gasteiger partial charge in [-0.25, -0.2) is 5.06 Å². The van der Waals surface area contributed by atoms with Gasteiger partial charge >= 0.3 is 0 Å². The zero-order valence-corrected chi connectivity index (χ0v) is 10.6. The first-order chi connectivity index (χ1) is 8.15. The largest absolute Gasteiger partial charge is 0.376 e. The third-order valence-electron chi connectivity index (χ3n) is 2.49. The van der Waals surface area contributed by atoms with E-state index in [4.69, 9.17) is 9.57 Å².